The molecule has 0 heterocycles. The van der Waals surface area contributed by atoms with Crippen molar-refractivity contribution in [3.05, 3.63) is 0 Å². The van der Waals surface area contributed by atoms with Gasteiger partial charge in [-0.15, -0.1) is 0 Å². The minimum atomic E-state index is -1.35. The van der Waals surface area contributed by atoms with Gasteiger partial charge in [-0.05, 0) is 25.7 Å². The van der Waals surface area contributed by atoms with Gasteiger partial charge in [0.15, 0.2) is 11.9 Å². The Morgan fingerprint density at radius 2 is 1.08 bits per heavy atom. The highest BCUT2D eigenvalue weighted by molar-refractivity contribution is 5.85. The van der Waals surface area contributed by atoms with E-state index in [1.807, 2.05) is 5.32 Å². The molecule has 1 amide bonds. The van der Waals surface area contributed by atoms with Crippen molar-refractivity contribution in [2.24, 2.45) is 44.4 Å². The summed E-state index contributed by atoms with van der Waals surface area (Å²) in [7, 11) is 0. The number of nitrogens with one attached hydrogen (secondary N) is 1. The molecule has 0 spiro atoms. The fraction of sp³-hybridized carbons (Fsp3) is 0.611. The topological polar surface area (TPSA) is 359 Å². The van der Waals surface area contributed by atoms with Crippen molar-refractivity contribution >= 4 is 41.7 Å². The van der Waals surface area contributed by atoms with Gasteiger partial charge in [-0.1, -0.05) is 0 Å². The second kappa shape index (κ2) is 21.4. The average Bonchev–Trinajstić information content (AvgIpc) is 2.73. The van der Waals surface area contributed by atoms with Crippen LogP contribution in [-0.4, -0.2) is 93.3 Å². The van der Waals surface area contributed by atoms with Crippen LogP contribution in [0.3, 0.4) is 0 Å². The van der Waals surface area contributed by atoms with E-state index in [1.54, 1.807) is 0 Å². The van der Waals surface area contributed by atoms with E-state index in [2.05, 4.69) is 9.98 Å². The highest BCUT2D eigenvalue weighted by atomic mass is 16.4. The number of carbonyl (C=O) groups is 5. The Hall–Kier alpha value is -4.19. The van der Waals surface area contributed by atoms with Gasteiger partial charge in [-0.3, -0.25) is 29.2 Å². The van der Waals surface area contributed by atoms with Crippen molar-refractivity contribution in [1.82, 2.24) is 5.32 Å². The number of nitrogens with zero attached hydrogens (tertiary/aromatic N) is 2. The predicted molar refractivity (Wildman–Crippen MR) is 129 cm³/mol. The molecule has 0 aliphatic carbocycles. The summed E-state index contributed by atoms with van der Waals surface area (Å²) in [6, 6.07) is -2.99. The molecule has 17 N–H and O–H groups in total. The number of amides is 1. The minimum Gasteiger partial charge on any atom is -0.481 e. The van der Waals surface area contributed by atoms with Crippen LogP contribution < -0.4 is 39.7 Å². The van der Waals surface area contributed by atoms with Gasteiger partial charge < -0.3 is 60.1 Å². The van der Waals surface area contributed by atoms with E-state index in [-0.39, 0.29) is 11.9 Å². The lowest BCUT2D eigenvalue weighted by atomic mass is 10.2. The van der Waals surface area contributed by atoms with Gasteiger partial charge in [-0.2, -0.15) is 0 Å². The Labute approximate surface area is 206 Å². The molecular formula is C18H37N9O9. The lowest BCUT2D eigenvalue weighted by Gasteiger charge is -2.09. The van der Waals surface area contributed by atoms with E-state index in [9.17, 15) is 24.0 Å². The fourth-order valence-corrected chi connectivity index (χ4v) is 1.91. The van der Waals surface area contributed by atoms with Gasteiger partial charge in [0, 0.05) is 20.0 Å². The Bertz CT molecular complexity index is 711. The molecule has 0 saturated heterocycles. The maximum Gasteiger partial charge on any atom is 0.326 e. The standard InChI is InChI=1S/2C6H14N4O2.C6H9NO5/c2*7-4(5(11)12)2-1-3-10-6(8)9;1-3(8)7-4(6(11)12)2-5(9)10/h2*4H,1-3,7H2,(H,11,12)(H4,8,9,10);4H,2H2,1H3,(H,7,8)(H,9,10)(H,11,12)/t2*4-;/m00./s1. The highest BCUT2D eigenvalue weighted by Gasteiger charge is 2.21. The molecular weight excluding hydrogens is 486 g/mol. The molecule has 0 aliphatic heterocycles. The van der Waals surface area contributed by atoms with E-state index in [1.165, 1.54) is 0 Å². The Kier molecular flexibility index (Phi) is 21.6. The maximum atomic E-state index is 10.4. The van der Waals surface area contributed by atoms with Crippen LogP contribution in [-0.2, 0) is 24.0 Å². The van der Waals surface area contributed by atoms with Crippen LogP contribution in [0.5, 0.6) is 0 Å². The number of rotatable bonds is 14. The van der Waals surface area contributed by atoms with Crippen LogP contribution in [0.1, 0.15) is 39.0 Å². The Morgan fingerprint density at radius 1 is 0.722 bits per heavy atom. The van der Waals surface area contributed by atoms with E-state index < -0.39 is 54.3 Å². The molecule has 0 aromatic carbocycles. The number of hydrogen-bond acceptors (Lipinski definition) is 9. The third-order valence-corrected chi connectivity index (χ3v) is 3.62. The summed E-state index contributed by atoms with van der Waals surface area (Å²) in [5.74, 6) is -5.16. The smallest absolute Gasteiger partial charge is 0.326 e. The highest BCUT2D eigenvalue weighted by Crippen LogP contribution is 1.95. The molecule has 0 rings (SSSR count). The second-order valence-electron chi connectivity index (χ2n) is 6.98. The molecule has 0 fully saturated rings. The first kappa shape index (κ1) is 36.4. The molecule has 0 aromatic heterocycles. The predicted octanol–water partition coefficient (Wildman–Crippen LogP) is -4.05. The Morgan fingerprint density at radius 3 is 1.31 bits per heavy atom. The summed E-state index contributed by atoms with van der Waals surface area (Å²) in [6.07, 6.45) is 1.30. The molecule has 3 atom stereocenters. The zero-order valence-electron chi connectivity index (χ0n) is 19.9. The summed E-state index contributed by atoms with van der Waals surface area (Å²) in [5, 5.41) is 35.4. The molecule has 18 nitrogen and oxygen atoms in total. The first-order chi connectivity index (χ1) is 16.5. The molecule has 1 unspecified atom stereocenters. The quantitative estimate of drug-likeness (QED) is 0.0585. The van der Waals surface area contributed by atoms with Crippen molar-refractivity contribution in [2.75, 3.05) is 13.1 Å². The van der Waals surface area contributed by atoms with Crippen LogP contribution >= 0.6 is 0 Å². The van der Waals surface area contributed by atoms with Gasteiger partial charge in [0.1, 0.15) is 18.1 Å². The second-order valence-corrected chi connectivity index (χ2v) is 6.98. The van der Waals surface area contributed by atoms with Crippen LogP contribution in [0.25, 0.3) is 0 Å². The van der Waals surface area contributed by atoms with Crippen LogP contribution in [0.2, 0.25) is 0 Å². The molecule has 36 heavy (non-hydrogen) atoms. The lowest BCUT2D eigenvalue weighted by molar-refractivity contribution is -0.147. The third kappa shape index (κ3) is 27.8. The van der Waals surface area contributed by atoms with Crippen LogP contribution in [0, 0.1) is 0 Å². The van der Waals surface area contributed by atoms with Gasteiger partial charge in [0.05, 0.1) is 6.42 Å². The van der Waals surface area contributed by atoms with E-state index in [4.69, 9.17) is 54.8 Å². The normalized spacial score (nSPS) is 12.0. The monoisotopic (exact) mass is 523 g/mol. The van der Waals surface area contributed by atoms with Crippen molar-refractivity contribution in [3.63, 3.8) is 0 Å². The molecule has 208 valence electrons. The van der Waals surface area contributed by atoms with Crippen molar-refractivity contribution in [1.29, 1.82) is 0 Å². The average molecular weight is 524 g/mol. The molecule has 0 bridgehead atoms. The number of carbonyl (C=O) groups excluding carboxylic acids is 1. The Balaban J connectivity index is -0.000000454. The zero-order valence-corrected chi connectivity index (χ0v) is 19.9. The number of carboxylic acids is 4. The molecule has 0 aliphatic rings. The number of aliphatic carboxylic acids is 4. The summed E-state index contributed by atoms with van der Waals surface area (Å²) >= 11 is 0. The van der Waals surface area contributed by atoms with Gasteiger partial charge >= 0.3 is 23.9 Å². The number of nitrogens with two attached hydrogens (primary N) is 6. The zero-order chi connectivity index (χ0) is 28.8. The summed E-state index contributed by atoms with van der Waals surface area (Å²) < 4.78 is 0. The first-order valence-corrected chi connectivity index (χ1v) is 10.3. The largest absolute Gasteiger partial charge is 0.481 e. The fourth-order valence-electron chi connectivity index (χ4n) is 1.91. The number of carboxylic acid groups (broad SMARTS) is 4. The van der Waals surface area contributed by atoms with Gasteiger partial charge in [-0.25, -0.2) is 4.79 Å². The van der Waals surface area contributed by atoms with Crippen LogP contribution in [0.4, 0.5) is 0 Å². The minimum absolute atomic E-state index is 0.0129. The first-order valence-electron chi connectivity index (χ1n) is 10.3. The molecule has 18 heteroatoms. The number of guanidine groups is 2. The third-order valence-electron chi connectivity index (χ3n) is 3.62. The maximum absolute atomic E-state index is 10.4. The van der Waals surface area contributed by atoms with Crippen molar-refractivity contribution < 1.29 is 44.4 Å². The van der Waals surface area contributed by atoms with Crippen molar-refractivity contribution in [2.45, 2.75) is 57.2 Å². The van der Waals surface area contributed by atoms with E-state index in [0.29, 0.717) is 38.8 Å². The summed E-state index contributed by atoms with van der Waals surface area (Å²) in [5.41, 5.74) is 30.6. The van der Waals surface area contributed by atoms with Crippen LogP contribution in [0.15, 0.2) is 9.98 Å². The molecule has 0 aromatic rings. The molecule has 0 saturated carbocycles. The molecule has 0 radical (unpaired) electrons. The SMILES string of the molecule is CC(=O)NC(CC(=O)O)C(=O)O.NC(N)=NCCC[C@H](N)C(=O)O.NC(N)=NCCC[C@H](N)C(=O)O. The van der Waals surface area contributed by atoms with E-state index in [0.717, 1.165) is 6.92 Å². The van der Waals surface area contributed by atoms with Crippen molar-refractivity contribution in [3.8, 4) is 0 Å². The van der Waals surface area contributed by atoms with E-state index >= 15 is 0 Å². The van der Waals surface area contributed by atoms with Gasteiger partial charge in [0.25, 0.3) is 0 Å². The summed E-state index contributed by atoms with van der Waals surface area (Å²) in [4.78, 5) is 58.5. The van der Waals surface area contributed by atoms with Gasteiger partial charge in [0.2, 0.25) is 5.91 Å². The number of aliphatic imine (C=N–C) groups is 2. The number of hydrogen-bond donors (Lipinski definition) is 11. The lowest BCUT2D eigenvalue weighted by Crippen LogP contribution is -2.41. The summed E-state index contributed by atoms with van der Waals surface area (Å²) in [6.45, 7) is 1.96.